The third-order valence-corrected chi connectivity index (χ3v) is 3.97. The predicted octanol–water partition coefficient (Wildman–Crippen LogP) is 1.15. The van der Waals surface area contributed by atoms with Gasteiger partial charge in [0.1, 0.15) is 11.9 Å². The molecule has 1 amide bonds. The van der Waals surface area contributed by atoms with E-state index in [1.54, 1.807) is 4.90 Å². The van der Waals surface area contributed by atoms with Crippen LogP contribution in [0.5, 0.6) is 0 Å². The number of carbonyl (C=O) groups excluding carboxylic acids is 1. The Hall–Kier alpha value is -2.21. The summed E-state index contributed by atoms with van der Waals surface area (Å²) in [5.41, 5.74) is 1.19. The maximum Gasteiger partial charge on any atom is 0.251 e. The fraction of sp³-hybridized carbons (Fsp3) is 0.438. The van der Waals surface area contributed by atoms with Crippen molar-refractivity contribution in [2.45, 2.75) is 39.0 Å². The first-order chi connectivity index (χ1) is 10.6. The molecular formula is C16H20N4O2. The Morgan fingerprint density at radius 3 is 2.77 bits per heavy atom. The Kier molecular flexibility index (Phi) is 3.94. The number of hydrogen-bond donors (Lipinski definition) is 1. The van der Waals surface area contributed by atoms with E-state index in [1.165, 1.54) is 12.5 Å². The second-order valence-corrected chi connectivity index (χ2v) is 5.81. The Morgan fingerprint density at radius 1 is 1.36 bits per heavy atom. The third-order valence-electron chi connectivity index (χ3n) is 3.97. The number of hydrogen-bond acceptors (Lipinski definition) is 4. The molecule has 1 aromatic carbocycles. The fourth-order valence-corrected chi connectivity index (χ4v) is 2.94. The van der Waals surface area contributed by atoms with Crippen molar-refractivity contribution in [2.24, 2.45) is 0 Å². The number of aromatic nitrogens is 3. The minimum absolute atomic E-state index is 0.0974. The zero-order valence-electron chi connectivity index (χ0n) is 12.8. The second kappa shape index (κ2) is 5.88. The summed E-state index contributed by atoms with van der Waals surface area (Å²) >= 11 is 0. The molecule has 0 aliphatic carbocycles. The monoisotopic (exact) mass is 300 g/mol. The molecule has 2 aromatic rings. The van der Waals surface area contributed by atoms with Crippen molar-refractivity contribution in [1.82, 2.24) is 19.7 Å². The molecule has 22 heavy (non-hydrogen) atoms. The lowest BCUT2D eigenvalue weighted by molar-refractivity contribution is -0.141. The Morgan fingerprint density at radius 2 is 2.09 bits per heavy atom. The van der Waals surface area contributed by atoms with Gasteiger partial charge in [-0.15, -0.1) is 10.2 Å². The molecule has 0 unspecified atom stereocenters. The van der Waals surface area contributed by atoms with Gasteiger partial charge in [-0.25, -0.2) is 0 Å². The number of fused-ring (bicyclic) bond motifs is 1. The fourth-order valence-electron chi connectivity index (χ4n) is 2.94. The molecule has 0 saturated heterocycles. The van der Waals surface area contributed by atoms with Crippen LogP contribution >= 0.6 is 0 Å². The highest BCUT2D eigenvalue weighted by molar-refractivity contribution is 5.80. The third kappa shape index (κ3) is 2.74. The van der Waals surface area contributed by atoms with Crippen LogP contribution in [0.4, 0.5) is 0 Å². The Labute approximate surface area is 129 Å². The molecule has 0 fully saturated rings. The van der Waals surface area contributed by atoms with Gasteiger partial charge in [-0.05, 0) is 19.4 Å². The van der Waals surface area contributed by atoms with Crippen molar-refractivity contribution in [3.8, 4) is 0 Å². The molecule has 1 aromatic heterocycles. The molecule has 3 rings (SSSR count). The summed E-state index contributed by atoms with van der Waals surface area (Å²) in [6, 6.07) is 10.2. The first kappa shape index (κ1) is 14.7. The van der Waals surface area contributed by atoms with Gasteiger partial charge in [0.15, 0.2) is 5.82 Å². The van der Waals surface area contributed by atoms with Gasteiger partial charge >= 0.3 is 0 Å². The molecule has 1 N–H and O–H groups in total. The molecule has 116 valence electrons. The summed E-state index contributed by atoms with van der Waals surface area (Å²) in [5.74, 6) is 1.43. The SMILES string of the molecule is C[C@@H](O)C(=O)N1Cc2nnc(Cc3ccccc3)n2[C@@H](C)C1. The topological polar surface area (TPSA) is 71.2 Å². The normalized spacial score (nSPS) is 18.9. The lowest BCUT2D eigenvalue weighted by Crippen LogP contribution is -2.44. The molecule has 0 bridgehead atoms. The minimum Gasteiger partial charge on any atom is -0.384 e. The van der Waals surface area contributed by atoms with Crippen LogP contribution in [0.3, 0.4) is 0 Å². The van der Waals surface area contributed by atoms with Crippen LogP contribution in [0.1, 0.15) is 37.1 Å². The largest absolute Gasteiger partial charge is 0.384 e. The lowest BCUT2D eigenvalue weighted by atomic mass is 10.1. The van der Waals surface area contributed by atoms with Crippen molar-refractivity contribution in [3.05, 3.63) is 47.5 Å². The van der Waals surface area contributed by atoms with Crippen molar-refractivity contribution in [1.29, 1.82) is 0 Å². The molecule has 6 heteroatoms. The van der Waals surface area contributed by atoms with E-state index < -0.39 is 6.10 Å². The quantitative estimate of drug-likeness (QED) is 0.923. The van der Waals surface area contributed by atoms with Crippen LogP contribution in [-0.2, 0) is 17.8 Å². The van der Waals surface area contributed by atoms with E-state index in [0.29, 0.717) is 13.1 Å². The molecule has 2 atom stereocenters. The number of benzene rings is 1. The molecule has 2 heterocycles. The first-order valence-corrected chi connectivity index (χ1v) is 7.49. The first-order valence-electron chi connectivity index (χ1n) is 7.49. The molecule has 0 radical (unpaired) electrons. The highest BCUT2D eigenvalue weighted by Crippen LogP contribution is 2.23. The maximum absolute atomic E-state index is 12.0. The van der Waals surface area contributed by atoms with Crippen molar-refractivity contribution in [2.75, 3.05) is 6.54 Å². The number of aliphatic hydroxyl groups excluding tert-OH is 1. The van der Waals surface area contributed by atoms with Crippen molar-refractivity contribution < 1.29 is 9.90 Å². The van der Waals surface area contributed by atoms with Crippen molar-refractivity contribution >= 4 is 5.91 Å². The molecule has 0 spiro atoms. The van der Waals surface area contributed by atoms with Gasteiger partial charge in [0.05, 0.1) is 12.6 Å². The zero-order valence-corrected chi connectivity index (χ0v) is 12.8. The van der Waals surface area contributed by atoms with Crippen LogP contribution in [0, 0.1) is 0 Å². The highest BCUT2D eigenvalue weighted by Gasteiger charge is 2.30. The van der Waals surface area contributed by atoms with Gasteiger partial charge in [-0.3, -0.25) is 4.79 Å². The number of aliphatic hydroxyl groups is 1. The summed E-state index contributed by atoms with van der Waals surface area (Å²) in [4.78, 5) is 13.6. The number of carbonyl (C=O) groups is 1. The molecular weight excluding hydrogens is 280 g/mol. The summed E-state index contributed by atoms with van der Waals surface area (Å²) in [7, 11) is 0. The van der Waals surface area contributed by atoms with Crippen LogP contribution < -0.4 is 0 Å². The van der Waals surface area contributed by atoms with Gasteiger partial charge in [-0.2, -0.15) is 0 Å². The molecule has 1 aliphatic rings. The Bertz CT molecular complexity index is 666. The van der Waals surface area contributed by atoms with Crippen LogP contribution in [0.15, 0.2) is 30.3 Å². The van der Waals surface area contributed by atoms with Gasteiger partial charge < -0.3 is 14.6 Å². The van der Waals surface area contributed by atoms with E-state index in [0.717, 1.165) is 18.1 Å². The molecule has 6 nitrogen and oxygen atoms in total. The second-order valence-electron chi connectivity index (χ2n) is 5.81. The number of nitrogens with zero attached hydrogens (tertiary/aromatic N) is 4. The summed E-state index contributed by atoms with van der Waals surface area (Å²) in [6.45, 7) is 4.50. The molecule has 1 aliphatic heterocycles. The van der Waals surface area contributed by atoms with Gasteiger partial charge in [0, 0.05) is 13.0 Å². The van der Waals surface area contributed by atoms with Crippen LogP contribution in [0.25, 0.3) is 0 Å². The maximum atomic E-state index is 12.0. The van der Waals surface area contributed by atoms with Crippen LogP contribution in [0.2, 0.25) is 0 Å². The average molecular weight is 300 g/mol. The van der Waals surface area contributed by atoms with E-state index in [4.69, 9.17) is 0 Å². The smallest absolute Gasteiger partial charge is 0.251 e. The van der Waals surface area contributed by atoms with E-state index in [1.807, 2.05) is 25.1 Å². The van der Waals surface area contributed by atoms with Gasteiger partial charge in [-0.1, -0.05) is 30.3 Å². The predicted molar refractivity (Wildman–Crippen MR) is 81.1 cm³/mol. The summed E-state index contributed by atoms with van der Waals surface area (Å²) in [6.07, 6.45) is -0.256. The summed E-state index contributed by atoms with van der Waals surface area (Å²) < 4.78 is 2.11. The van der Waals surface area contributed by atoms with Gasteiger partial charge in [0.2, 0.25) is 0 Å². The number of amides is 1. The van der Waals surface area contributed by atoms with E-state index in [-0.39, 0.29) is 11.9 Å². The average Bonchev–Trinajstić information content (AvgIpc) is 2.91. The minimum atomic E-state index is -0.981. The van der Waals surface area contributed by atoms with Crippen LogP contribution in [-0.4, -0.2) is 43.3 Å². The number of rotatable bonds is 3. The zero-order chi connectivity index (χ0) is 15.7. The van der Waals surface area contributed by atoms with E-state index in [2.05, 4.69) is 26.9 Å². The van der Waals surface area contributed by atoms with E-state index >= 15 is 0 Å². The Balaban J connectivity index is 1.84. The lowest BCUT2D eigenvalue weighted by Gasteiger charge is -2.33. The van der Waals surface area contributed by atoms with Crippen molar-refractivity contribution in [3.63, 3.8) is 0 Å². The standard InChI is InChI=1S/C16H20N4O2/c1-11-9-19(16(22)12(2)21)10-15-18-17-14(20(11)15)8-13-6-4-3-5-7-13/h3-7,11-12,21H,8-10H2,1-2H3/t11-,12+/m0/s1. The van der Waals surface area contributed by atoms with Gasteiger partial charge in [0.25, 0.3) is 5.91 Å². The molecule has 0 saturated carbocycles. The highest BCUT2D eigenvalue weighted by atomic mass is 16.3. The van der Waals surface area contributed by atoms with E-state index in [9.17, 15) is 9.90 Å². The summed E-state index contributed by atoms with van der Waals surface area (Å²) in [5, 5.41) is 18.0.